The normalized spacial score (nSPS) is 19.7. The van der Waals surface area contributed by atoms with Gasteiger partial charge in [-0.3, -0.25) is 14.5 Å². The summed E-state index contributed by atoms with van der Waals surface area (Å²) in [5.74, 6) is -4.43. The molecule has 0 bridgehead atoms. The maximum atomic E-state index is 14.6. The molecule has 5 nitrogen and oxygen atoms in total. The molecule has 0 N–H and O–H groups in total. The molecule has 2 aliphatic rings. The number of nitrogens with zero attached hydrogens (tertiary/aromatic N) is 3. The van der Waals surface area contributed by atoms with Gasteiger partial charge in [-0.25, -0.2) is 13.2 Å². The number of carbonyl (C=O) groups is 2. The average molecular weight is 441 g/mol. The van der Waals surface area contributed by atoms with Crippen molar-refractivity contribution < 1.29 is 22.8 Å². The third-order valence-corrected chi connectivity index (χ3v) is 6.25. The fourth-order valence-electron chi connectivity index (χ4n) is 4.25. The van der Waals surface area contributed by atoms with Crippen LogP contribution in [0.15, 0.2) is 42.5 Å². The number of halogens is 3. The third-order valence-electron chi connectivity index (χ3n) is 6.25. The van der Waals surface area contributed by atoms with E-state index in [1.165, 1.54) is 41.3 Å². The minimum atomic E-state index is -2.96. The zero-order valence-corrected chi connectivity index (χ0v) is 17.5. The van der Waals surface area contributed by atoms with Crippen molar-refractivity contribution in [3.05, 3.63) is 65.0 Å². The van der Waals surface area contributed by atoms with Gasteiger partial charge in [0, 0.05) is 19.0 Å². The van der Waals surface area contributed by atoms with Crippen LogP contribution >= 0.6 is 0 Å². The van der Waals surface area contributed by atoms with Crippen molar-refractivity contribution in [2.24, 2.45) is 5.92 Å². The molecular weight excluding hydrogens is 419 g/mol. The maximum Gasteiger partial charge on any atom is 0.270 e. The van der Waals surface area contributed by atoms with Crippen LogP contribution in [-0.2, 0) is 22.1 Å². The van der Waals surface area contributed by atoms with Crippen LogP contribution in [0.25, 0.3) is 0 Å². The van der Waals surface area contributed by atoms with Gasteiger partial charge >= 0.3 is 0 Å². The van der Waals surface area contributed by atoms with Crippen LogP contribution in [0.4, 0.5) is 18.9 Å². The summed E-state index contributed by atoms with van der Waals surface area (Å²) in [6.45, 7) is 0.610. The van der Waals surface area contributed by atoms with Crippen LogP contribution < -0.4 is 4.90 Å². The quantitative estimate of drug-likeness (QED) is 0.693. The molecule has 1 aliphatic carbocycles. The van der Waals surface area contributed by atoms with Crippen LogP contribution in [0.3, 0.4) is 0 Å². The van der Waals surface area contributed by atoms with Crippen LogP contribution in [0.2, 0.25) is 0 Å². The van der Waals surface area contributed by atoms with E-state index in [1.54, 1.807) is 0 Å². The summed E-state index contributed by atoms with van der Waals surface area (Å²) in [5, 5.41) is 8.95. The molecule has 2 amide bonds. The minimum absolute atomic E-state index is 0.0270. The summed E-state index contributed by atoms with van der Waals surface area (Å²) in [5.41, 5.74) is 0.614. The van der Waals surface area contributed by atoms with Gasteiger partial charge in [-0.05, 0) is 42.5 Å². The average Bonchev–Trinajstić information content (AvgIpc) is 2.71. The number of rotatable bonds is 5. The summed E-state index contributed by atoms with van der Waals surface area (Å²) in [6.07, 6.45) is 2.51. The van der Waals surface area contributed by atoms with Crippen molar-refractivity contribution in [3.8, 4) is 6.07 Å². The summed E-state index contributed by atoms with van der Waals surface area (Å²) < 4.78 is 41.6. The lowest BCUT2D eigenvalue weighted by Crippen LogP contribution is -2.63. The number of piperazine rings is 1. The van der Waals surface area contributed by atoms with E-state index in [2.05, 4.69) is 0 Å². The number of alkyl halides is 2. The molecule has 8 heteroatoms. The summed E-state index contributed by atoms with van der Waals surface area (Å²) in [6, 6.07) is 10.6. The predicted octanol–water partition coefficient (Wildman–Crippen LogP) is 4.35. The molecule has 0 aromatic heterocycles. The Morgan fingerprint density at radius 1 is 1.12 bits per heavy atom. The highest BCUT2D eigenvalue weighted by atomic mass is 19.3. The number of benzene rings is 2. The zero-order valence-electron chi connectivity index (χ0n) is 17.5. The highest BCUT2D eigenvalue weighted by molar-refractivity contribution is 6.06. The molecule has 166 valence electrons. The lowest BCUT2D eigenvalue weighted by atomic mass is 9.77. The Morgan fingerprint density at radius 2 is 1.81 bits per heavy atom. The fourth-order valence-corrected chi connectivity index (χ4v) is 4.25. The highest BCUT2D eigenvalue weighted by Crippen LogP contribution is 2.37. The predicted molar refractivity (Wildman–Crippen MR) is 111 cm³/mol. The van der Waals surface area contributed by atoms with Gasteiger partial charge in [0.1, 0.15) is 18.4 Å². The van der Waals surface area contributed by atoms with Crippen LogP contribution in [0.5, 0.6) is 0 Å². The molecule has 0 unspecified atom stereocenters. The first-order valence-electron chi connectivity index (χ1n) is 10.5. The van der Waals surface area contributed by atoms with Gasteiger partial charge < -0.3 is 4.90 Å². The van der Waals surface area contributed by atoms with Gasteiger partial charge in [-0.15, -0.1) is 0 Å². The molecule has 1 atom stereocenters. The first-order valence-corrected chi connectivity index (χ1v) is 10.5. The molecule has 1 aliphatic heterocycles. The van der Waals surface area contributed by atoms with E-state index in [4.69, 9.17) is 5.26 Å². The number of carbonyl (C=O) groups excluding carboxylic acids is 2. The third kappa shape index (κ3) is 4.07. The smallest absolute Gasteiger partial charge is 0.270 e. The van der Waals surface area contributed by atoms with Crippen molar-refractivity contribution in [1.82, 2.24) is 4.90 Å². The van der Waals surface area contributed by atoms with E-state index < -0.39 is 17.8 Å². The largest absolute Gasteiger partial charge is 0.324 e. The van der Waals surface area contributed by atoms with Gasteiger partial charge in [0.25, 0.3) is 11.8 Å². The molecule has 4 rings (SSSR count). The summed E-state index contributed by atoms with van der Waals surface area (Å²) in [7, 11) is 0. The number of hydrogen-bond donors (Lipinski definition) is 0. The van der Waals surface area contributed by atoms with Crippen molar-refractivity contribution in [2.45, 2.75) is 44.7 Å². The first-order chi connectivity index (χ1) is 15.2. The Hall–Kier alpha value is -3.34. The molecule has 2 aromatic carbocycles. The standard InChI is InChI=1S/C24H22F3N3O2/c1-24(26,27)18-8-5-15(6-9-18)13-30-21(31)14-29(23(32)22(30)17-3-2-4-17)20-10-7-16(12-28)11-19(20)25/h5-11,17,22H,2-4,13-14H2,1H3/t22-/m1/s1. The number of nitriles is 1. The SMILES string of the molecule is CC(F)(F)c1ccc(CN2C(=O)CN(c3ccc(C#N)cc3F)C(=O)[C@H]2C2CCC2)cc1. The monoisotopic (exact) mass is 441 g/mol. The van der Waals surface area contributed by atoms with E-state index in [-0.39, 0.29) is 47.6 Å². The van der Waals surface area contributed by atoms with Crippen molar-refractivity contribution in [2.75, 3.05) is 11.4 Å². The second-order valence-electron chi connectivity index (χ2n) is 8.45. The lowest BCUT2D eigenvalue weighted by Gasteiger charge is -2.46. The van der Waals surface area contributed by atoms with Crippen LogP contribution in [0, 0.1) is 23.1 Å². The maximum absolute atomic E-state index is 14.6. The van der Waals surface area contributed by atoms with Gasteiger partial charge in [0.15, 0.2) is 0 Å². The van der Waals surface area contributed by atoms with Crippen molar-refractivity contribution >= 4 is 17.5 Å². The highest BCUT2D eigenvalue weighted by Gasteiger charge is 2.46. The topological polar surface area (TPSA) is 64.4 Å². The Kier molecular flexibility index (Phi) is 5.68. The molecule has 1 saturated carbocycles. The lowest BCUT2D eigenvalue weighted by molar-refractivity contribution is -0.147. The molecule has 0 spiro atoms. The van der Waals surface area contributed by atoms with Gasteiger partial charge in [0.2, 0.25) is 5.91 Å². The Labute approximate surface area is 184 Å². The van der Waals surface area contributed by atoms with E-state index in [1.807, 2.05) is 6.07 Å². The molecule has 2 fully saturated rings. The molecular formula is C24H22F3N3O2. The Bertz CT molecular complexity index is 1090. The summed E-state index contributed by atoms with van der Waals surface area (Å²) >= 11 is 0. The van der Waals surface area contributed by atoms with Crippen molar-refractivity contribution in [1.29, 1.82) is 5.26 Å². The zero-order chi connectivity index (χ0) is 23.0. The van der Waals surface area contributed by atoms with Gasteiger partial charge in [-0.1, -0.05) is 30.7 Å². The Balaban J connectivity index is 1.61. The van der Waals surface area contributed by atoms with E-state index >= 15 is 0 Å². The first kappa shape index (κ1) is 21.9. The molecule has 1 saturated heterocycles. The molecule has 32 heavy (non-hydrogen) atoms. The van der Waals surface area contributed by atoms with Crippen LogP contribution in [0.1, 0.15) is 42.9 Å². The fraction of sp³-hybridized carbons (Fsp3) is 0.375. The molecule has 2 aromatic rings. The number of anilines is 1. The van der Waals surface area contributed by atoms with E-state index in [0.717, 1.165) is 37.2 Å². The minimum Gasteiger partial charge on any atom is -0.324 e. The molecule has 1 heterocycles. The summed E-state index contributed by atoms with van der Waals surface area (Å²) in [4.78, 5) is 29.1. The Morgan fingerprint density at radius 3 is 2.34 bits per heavy atom. The van der Waals surface area contributed by atoms with Gasteiger partial charge in [0.05, 0.1) is 17.3 Å². The second kappa shape index (κ2) is 8.30. The second-order valence-corrected chi connectivity index (χ2v) is 8.45. The molecule has 0 radical (unpaired) electrons. The van der Waals surface area contributed by atoms with Crippen LogP contribution in [-0.4, -0.2) is 29.3 Å². The number of amides is 2. The van der Waals surface area contributed by atoms with E-state index in [9.17, 15) is 22.8 Å². The van der Waals surface area contributed by atoms with E-state index in [0.29, 0.717) is 5.56 Å². The van der Waals surface area contributed by atoms with Crippen molar-refractivity contribution in [3.63, 3.8) is 0 Å². The number of hydrogen-bond acceptors (Lipinski definition) is 3. The van der Waals surface area contributed by atoms with Gasteiger partial charge in [-0.2, -0.15) is 5.26 Å².